The Morgan fingerprint density at radius 2 is 2.10 bits per heavy atom. The van der Waals surface area contributed by atoms with Crippen LogP contribution in [-0.4, -0.2) is 12.1 Å². The highest BCUT2D eigenvalue weighted by atomic mass is 14.8. The highest BCUT2D eigenvalue weighted by Crippen LogP contribution is 2.45. The van der Waals surface area contributed by atoms with E-state index < -0.39 is 0 Å². The lowest BCUT2D eigenvalue weighted by Crippen LogP contribution is -2.49. The van der Waals surface area contributed by atoms with Crippen LogP contribution in [-0.2, 0) is 0 Å². The summed E-state index contributed by atoms with van der Waals surface area (Å²) < 4.78 is 0. The van der Waals surface area contributed by atoms with Crippen molar-refractivity contribution < 1.29 is 0 Å². The molecule has 3 atom stereocenters. The first-order valence-corrected chi connectivity index (χ1v) is 4.13. The highest BCUT2D eigenvalue weighted by molar-refractivity contribution is 5.02. The maximum Gasteiger partial charge on any atom is 0.0307 e. The van der Waals surface area contributed by atoms with Gasteiger partial charge in [-0.2, -0.15) is 0 Å². The average Bonchev–Trinajstić information content (AvgIpc) is 2.66. The van der Waals surface area contributed by atoms with Gasteiger partial charge in [0.05, 0.1) is 0 Å². The molecule has 0 aromatic carbocycles. The van der Waals surface area contributed by atoms with Gasteiger partial charge in [-0.15, -0.1) is 0 Å². The largest absolute Gasteiger partial charge is 0.329 e. The second kappa shape index (κ2) is 2.51. The first-order chi connectivity index (χ1) is 4.64. The molecule has 2 heteroatoms. The zero-order valence-electron chi connectivity index (χ0n) is 6.93. The van der Waals surface area contributed by atoms with Crippen molar-refractivity contribution >= 4 is 0 Å². The fourth-order valence-corrected chi connectivity index (χ4v) is 1.68. The minimum atomic E-state index is -0.0561. The van der Waals surface area contributed by atoms with Gasteiger partial charge in [0.1, 0.15) is 0 Å². The van der Waals surface area contributed by atoms with E-state index >= 15 is 0 Å². The summed E-state index contributed by atoms with van der Waals surface area (Å²) in [6.07, 6.45) is 2.29. The SMILES string of the molecule is CCC(N)(CN)C1CC1C. The maximum atomic E-state index is 6.07. The molecule has 0 bridgehead atoms. The third-order valence-corrected chi connectivity index (χ3v) is 2.89. The van der Waals surface area contributed by atoms with Crippen molar-refractivity contribution in [1.82, 2.24) is 0 Å². The molecule has 4 N–H and O–H groups in total. The standard InChI is InChI=1S/C8H18N2/c1-3-8(10,5-9)7-4-6(7)2/h6-7H,3-5,9-10H2,1-2H3. The summed E-state index contributed by atoms with van der Waals surface area (Å²) in [4.78, 5) is 0. The normalized spacial score (nSPS) is 37.2. The summed E-state index contributed by atoms with van der Waals surface area (Å²) in [5.41, 5.74) is 11.6. The van der Waals surface area contributed by atoms with Gasteiger partial charge in [-0.1, -0.05) is 13.8 Å². The second-order valence-electron chi connectivity index (χ2n) is 3.61. The van der Waals surface area contributed by atoms with E-state index in [1.165, 1.54) is 6.42 Å². The van der Waals surface area contributed by atoms with Gasteiger partial charge in [0.15, 0.2) is 0 Å². The molecule has 0 aliphatic heterocycles. The van der Waals surface area contributed by atoms with Gasteiger partial charge in [0.25, 0.3) is 0 Å². The number of rotatable bonds is 3. The van der Waals surface area contributed by atoms with Gasteiger partial charge in [0, 0.05) is 12.1 Å². The van der Waals surface area contributed by atoms with Crippen LogP contribution in [0, 0.1) is 11.8 Å². The van der Waals surface area contributed by atoms with Gasteiger partial charge in [0.2, 0.25) is 0 Å². The molecular formula is C8H18N2. The van der Waals surface area contributed by atoms with Crippen LogP contribution in [0.4, 0.5) is 0 Å². The molecule has 10 heavy (non-hydrogen) atoms. The van der Waals surface area contributed by atoms with E-state index in [0.29, 0.717) is 12.5 Å². The van der Waals surface area contributed by atoms with E-state index in [1.807, 2.05) is 0 Å². The van der Waals surface area contributed by atoms with Crippen molar-refractivity contribution in [1.29, 1.82) is 0 Å². The summed E-state index contributed by atoms with van der Waals surface area (Å²) >= 11 is 0. The molecule has 0 saturated heterocycles. The number of nitrogens with two attached hydrogens (primary N) is 2. The molecular weight excluding hydrogens is 124 g/mol. The lowest BCUT2D eigenvalue weighted by molar-refractivity contribution is 0.353. The number of hydrogen-bond acceptors (Lipinski definition) is 2. The quantitative estimate of drug-likeness (QED) is 0.609. The van der Waals surface area contributed by atoms with Crippen LogP contribution in [0.25, 0.3) is 0 Å². The van der Waals surface area contributed by atoms with Crippen molar-refractivity contribution in [2.75, 3.05) is 6.54 Å². The summed E-state index contributed by atoms with van der Waals surface area (Å²) in [5.74, 6) is 1.51. The highest BCUT2D eigenvalue weighted by Gasteiger charge is 2.45. The smallest absolute Gasteiger partial charge is 0.0307 e. The zero-order chi connectivity index (χ0) is 7.78. The van der Waals surface area contributed by atoms with Crippen LogP contribution in [0.1, 0.15) is 26.7 Å². The second-order valence-corrected chi connectivity index (χ2v) is 3.61. The third-order valence-electron chi connectivity index (χ3n) is 2.89. The molecule has 2 nitrogen and oxygen atoms in total. The van der Waals surface area contributed by atoms with E-state index in [1.54, 1.807) is 0 Å². The van der Waals surface area contributed by atoms with Gasteiger partial charge < -0.3 is 11.5 Å². The maximum absolute atomic E-state index is 6.07. The lowest BCUT2D eigenvalue weighted by Gasteiger charge is -2.26. The summed E-state index contributed by atoms with van der Waals surface area (Å²) in [6.45, 7) is 5.01. The first-order valence-electron chi connectivity index (χ1n) is 4.13. The molecule has 3 unspecified atom stereocenters. The lowest BCUT2D eigenvalue weighted by atomic mass is 9.90. The van der Waals surface area contributed by atoms with Gasteiger partial charge in [-0.25, -0.2) is 0 Å². The molecule has 0 spiro atoms. The third kappa shape index (κ3) is 1.18. The molecule has 0 aromatic heterocycles. The van der Waals surface area contributed by atoms with E-state index in [2.05, 4.69) is 13.8 Å². The Balaban J connectivity index is 2.48. The minimum absolute atomic E-state index is 0.0561. The van der Waals surface area contributed by atoms with Crippen molar-refractivity contribution in [3.8, 4) is 0 Å². The summed E-state index contributed by atoms with van der Waals surface area (Å²) in [5, 5.41) is 0. The monoisotopic (exact) mass is 142 g/mol. The van der Waals surface area contributed by atoms with E-state index in [4.69, 9.17) is 11.5 Å². The number of hydrogen-bond donors (Lipinski definition) is 2. The van der Waals surface area contributed by atoms with Crippen LogP contribution in [0.3, 0.4) is 0 Å². The minimum Gasteiger partial charge on any atom is -0.329 e. The van der Waals surface area contributed by atoms with E-state index in [-0.39, 0.29) is 5.54 Å². The Morgan fingerprint density at radius 3 is 2.20 bits per heavy atom. The van der Waals surface area contributed by atoms with Gasteiger partial charge in [-0.05, 0) is 24.7 Å². The van der Waals surface area contributed by atoms with Crippen LogP contribution in [0.5, 0.6) is 0 Å². The van der Waals surface area contributed by atoms with Crippen molar-refractivity contribution in [3.05, 3.63) is 0 Å². The zero-order valence-corrected chi connectivity index (χ0v) is 6.93. The predicted molar refractivity (Wildman–Crippen MR) is 43.5 cm³/mol. The molecule has 1 rings (SSSR count). The molecule has 1 fully saturated rings. The topological polar surface area (TPSA) is 52.0 Å². The predicted octanol–water partition coefficient (Wildman–Crippen LogP) is 0.709. The Labute approximate surface area is 63.0 Å². The first kappa shape index (κ1) is 8.02. The van der Waals surface area contributed by atoms with Crippen molar-refractivity contribution in [3.63, 3.8) is 0 Å². The Morgan fingerprint density at radius 1 is 1.60 bits per heavy atom. The Hall–Kier alpha value is -0.0800. The van der Waals surface area contributed by atoms with E-state index in [9.17, 15) is 0 Å². The summed E-state index contributed by atoms with van der Waals surface area (Å²) in [7, 11) is 0. The van der Waals surface area contributed by atoms with E-state index in [0.717, 1.165) is 12.3 Å². The van der Waals surface area contributed by atoms with Crippen LogP contribution in [0.15, 0.2) is 0 Å². The van der Waals surface area contributed by atoms with Crippen molar-refractivity contribution in [2.45, 2.75) is 32.2 Å². The fourth-order valence-electron chi connectivity index (χ4n) is 1.68. The van der Waals surface area contributed by atoms with Crippen molar-refractivity contribution in [2.24, 2.45) is 23.3 Å². The molecule has 0 aromatic rings. The van der Waals surface area contributed by atoms with Gasteiger partial charge in [-0.3, -0.25) is 0 Å². The molecule has 1 aliphatic carbocycles. The molecule has 1 aliphatic rings. The Bertz CT molecular complexity index is 118. The Kier molecular flexibility index (Phi) is 2.02. The van der Waals surface area contributed by atoms with Crippen LogP contribution < -0.4 is 11.5 Å². The van der Waals surface area contributed by atoms with Gasteiger partial charge >= 0.3 is 0 Å². The summed E-state index contributed by atoms with van der Waals surface area (Å²) in [6, 6.07) is 0. The molecule has 60 valence electrons. The van der Waals surface area contributed by atoms with Crippen LogP contribution in [0.2, 0.25) is 0 Å². The van der Waals surface area contributed by atoms with Crippen LogP contribution >= 0.6 is 0 Å². The molecule has 0 heterocycles. The molecule has 0 radical (unpaired) electrons. The molecule has 0 amide bonds. The molecule has 1 saturated carbocycles. The fraction of sp³-hybridized carbons (Fsp3) is 1.00. The average molecular weight is 142 g/mol.